The van der Waals surface area contributed by atoms with E-state index in [-0.39, 0.29) is 17.5 Å². The highest BCUT2D eigenvalue weighted by atomic mass is 35.5. The van der Waals surface area contributed by atoms with Crippen molar-refractivity contribution in [2.45, 2.75) is 5.03 Å². The molecule has 0 unspecified atom stereocenters. The number of thioether (sulfide) groups is 1. The molecule has 0 bridgehead atoms. The molecule has 0 aliphatic carbocycles. The van der Waals surface area contributed by atoms with E-state index in [1.807, 2.05) is 17.0 Å². The monoisotopic (exact) mass is 491 g/mol. The minimum absolute atomic E-state index is 0.182. The van der Waals surface area contributed by atoms with Crippen LogP contribution in [0.2, 0.25) is 10.0 Å². The number of carbonyl (C=O) groups excluding carboxylic acids is 1. The molecule has 4 rings (SSSR count). The normalized spacial score (nSPS) is 13.8. The summed E-state index contributed by atoms with van der Waals surface area (Å²) in [4.78, 5) is 25.1. The molecule has 1 fully saturated rings. The van der Waals surface area contributed by atoms with Gasteiger partial charge >= 0.3 is 0 Å². The first-order chi connectivity index (χ1) is 15.5. The topological polar surface area (TPSA) is 61.4 Å². The maximum atomic E-state index is 14.0. The van der Waals surface area contributed by atoms with Gasteiger partial charge in [-0.3, -0.25) is 4.79 Å². The second-order valence-electron chi connectivity index (χ2n) is 7.13. The Bertz CT molecular complexity index is 1090. The van der Waals surface area contributed by atoms with Crippen molar-refractivity contribution in [2.24, 2.45) is 0 Å². The molecule has 6 nitrogen and oxygen atoms in total. The van der Waals surface area contributed by atoms with E-state index in [0.717, 1.165) is 5.82 Å². The number of amides is 1. The van der Waals surface area contributed by atoms with Crippen molar-refractivity contribution < 1.29 is 9.18 Å². The lowest BCUT2D eigenvalue weighted by atomic mass is 10.2. The van der Waals surface area contributed by atoms with Gasteiger partial charge in [-0.25, -0.2) is 14.4 Å². The van der Waals surface area contributed by atoms with Crippen molar-refractivity contribution in [1.29, 1.82) is 0 Å². The molecular weight excluding hydrogens is 472 g/mol. The van der Waals surface area contributed by atoms with Crippen LogP contribution in [-0.2, 0) is 4.79 Å². The zero-order valence-electron chi connectivity index (χ0n) is 17.0. The highest BCUT2D eigenvalue weighted by molar-refractivity contribution is 7.99. The van der Waals surface area contributed by atoms with Gasteiger partial charge in [0.15, 0.2) is 0 Å². The van der Waals surface area contributed by atoms with Gasteiger partial charge in [-0.05, 0) is 30.3 Å². The number of nitrogens with zero attached hydrogens (tertiary/aromatic N) is 4. The summed E-state index contributed by atoms with van der Waals surface area (Å²) in [6.45, 7) is 2.81. The molecule has 2 aromatic carbocycles. The average molecular weight is 492 g/mol. The second-order valence-corrected chi connectivity index (χ2v) is 9.00. The summed E-state index contributed by atoms with van der Waals surface area (Å²) in [5.41, 5.74) is 1.17. The zero-order chi connectivity index (χ0) is 22.5. The Kier molecular flexibility index (Phi) is 7.34. The van der Waals surface area contributed by atoms with E-state index >= 15 is 0 Å². The number of nitrogens with one attached hydrogen (secondary N) is 1. The van der Waals surface area contributed by atoms with Crippen molar-refractivity contribution in [3.05, 3.63) is 70.7 Å². The van der Waals surface area contributed by atoms with Crippen LogP contribution >= 0.6 is 35.0 Å². The molecule has 1 amide bonds. The number of hydrogen-bond acceptors (Lipinski definition) is 6. The van der Waals surface area contributed by atoms with E-state index in [1.54, 1.807) is 30.3 Å². The number of para-hydroxylation sites is 1. The molecule has 1 aliphatic rings. The first-order valence-corrected chi connectivity index (χ1v) is 11.7. The lowest BCUT2D eigenvalue weighted by Crippen LogP contribution is -2.47. The molecule has 3 aromatic rings. The number of aromatic nitrogens is 2. The fraction of sp³-hybridized carbons (Fsp3) is 0.227. The van der Waals surface area contributed by atoms with E-state index < -0.39 is 0 Å². The highest BCUT2D eigenvalue weighted by Gasteiger charge is 2.20. The summed E-state index contributed by atoms with van der Waals surface area (Å²) in [6.07, 6.45) is 1.50. The Hall–Kier alpha value is -2.55. The van der Waals surface area contributed by atoms with Gasteiger partial charge in [-0.1, -0.05) is 47.1 Å². The van der Waals surface area contributed by atoms with Crippen LogP contribution in [0.15, 0.2) is 59.9 Å². The number of rotatable bonds is 6. The number of halogens is 3. The summed E-state index contributed by atoms with van der Waals surface area (Å²) in [5, 5.41) is 4.39. The fourth-order valence-corrected chi connectivity index (χ4v) is 4.62. The van der Waals surface area contributed by atoms with Crippen molar-refractivity contribution in [3.63, 3.8) is 0 Å². The van der Waals surface area contributed by atoms with Gasteiger partial charge in [0.05, 0.1) is 11.4 Å². The van der Waals surface area contributed by atoms with E-state index in [1.165, 1.54) is 24.2 Å². The number of anilines is 3. The summed E-state index contributed by atoms with van der Waals surface area (Å²) in [7, 11) is 0. The van der Waals surface area contributed by atoms with Crippen LogP contribution in [0.4, 0.5) is 21.6 Å². The van der Waals surface area contributed by atoms with Gasteiger partial charge in [-0.2, -0.15) is 0 Å². The summed E-state index contributed by atoms with van der Waals surface area (Å²) >= 11 is 13.2. The first-order valence-electron chi connectivity index (χ1n) is 9.93. The van der Waals surface area contributed by atoms with E-state index in [4.69, 9.17) is 23.2 Å². The van der Waals surface area contributed by atoms with Crippen LogP contribution in [0.1, 0.15) is 0 Å². The standard InChI is InChI=1S/C22H20Cl2FN5OS/c23-15-9-16(24)11-17(10-15)28-21(31)13-32-22-12-20(26-14-27-22)30-7-5-29(6-8-30)19-4-2-1-3-18(19)25/h1-4,9-12,14H,5-8,13H2,(H,28,31). The minimum atomic E-state index is -0.208. The molecule has 0 spiro atoms. The molecule has 0 saturated carbocycles. The molecule has 166 valence electrons. The van der Waals surface area contributed by atoms with Gasteiger partial charge in [0.2, 0.25) is 5.91 Å². The molecule has 32 heavy (non-hydrogen) atoms. The third-order valence-corrected chi connectivity index (χ3v) is 6.28. The SMILES string of the molecule is O=C(CSc1cc(N2CCN(c3ccccc3F)CC2)ncn1)Nc1cc(Cl)cc(Cl)c1. The molecule has 10 heteroatoms. The van der Waals surface area contributed by atoms with Gasteiger partial charge in [0.1, 0.15) is 23.0 Å². The smallest absolute Gasteiger partial charge is 0.234 e. The van der Waals surface area contributed by atoms with Crippen molar-refractivity contribution >= 4 is 58.1 Å². The van der Waals surface area contributed by atoms with Crippen molar-refractivity contribution in [3.8, 4) is 0 Å². The number of carbonyl (C=O) groups is 1. The lowest BCUT2D eigenvalue weighted by Gasteiger charge is -2.36. The third kappa shape index (κ3) is 5.82. The van der Waals surface area contributed by atoms with Crippen LogP contribution in [0.5, 0.6) is 0 Å². The molecule has 0 atom stereocenters. The maximum absolute atomic E-state index is 14.0. The minimum Gasteiger partial charge on any atom is -0.366 e. The zero-order valence-corrected chi connectivity index (χ0v) is 19.3. The molecule has 0 radical (unpaired) electrons. The van der Waals surface area contributed by atoms with Gasteiger partial charge in [0, 0.05) is 48.0 Å². The fourth-order valence-electron chi connectivity index (χ4n) is 3.43. The first kappa shape index (κ1) is 22.6. The predicted molar refractivity (Wildman–Crippen MR) is 129 cm³/mol. The van der Waals surface area contributed by atoms with Crippen LogP contribution in [0.25, 0.3) is 0 Å². The Labute approximate surface area is 199 Å². The Balaban J connectivity index is 1.32. The molecule has 1 aromatic heterocycles. The van der Waals surface area contributed by atoms with Crippen LogP contribution in [0.3, 0.4) is 0 Å². The Morgan fingerprint density at radius 2 is 1.69 bits per heavy atom. The molecular formula is C22H20Cl2FN5OS. The highest BCUT2D eigenvalue weighted by Crippen LogP contribution is 2.25. The maximum Gasteiger partial charge on any atom is 0.234 e. The Morgan fingerprint density at radius 3 is 2.41 bits per heavy atom. The van der Waals surface area contributed by atoms with Gasteiger partial charge < -0.3 is 15.1 Å². The van der Waals surface area contributed by atoms with Crippen LogP contribution in [0, 0.1) is 5.82 Å². The lowest BCUT2D eigenvalue weighted by molar-refractivity contribution is -0.113. The molecule has 1 saturated heterocycles. The number of piperazine rings is 1. The van der Waals surface area contributed by atoms with Crippen molar-refractivity contribution in [2.75, 3.05) is 47.0 Å². The van der Waals surface area contributed by atoms with Gasteiger partial charge in [-0.15, -0.1) is 0 Å². The van der Waals surface area contributed by atoms with E-state index in [2.05, 4.69) is 20.2 Å². The van der Waals surface area contributed by atoms with Crippen LogP contribution in [-0.4, -0.2) is 47.8 Å². The van der Waals surface area contributed by atoms with Gasteiger partial charge in [0.25, 0.3) is 0 Å². The molecule has 1 N–H and O–H groups in total. The molecule has 1 aliphatic heterocycles. The largest absolute Gasteiger partial charge is 0.366 e. The average Bonchev–Trinajstić information content (AvgIpc) is 2.78. The second kappa shape index (κ2) is 10.4. The Morgan fingerprint density at radius 1 is 1.00 bits per heavy atom. The number of benzene rings is 2. The summed E-state index contributed by atoms with van der Waals surface area (Å²) in [5.74, 6) is 0.575. The number of hydrogen-bond donors (Lipinski definition) is 1. The van der Waals surface area contributed by atoms with E-state index in [0.29, 0.717) is 52.6 Å². The summed E-state index contributed by atoms with van der Waals surface area (Å²) in [6, 6.07) is 13.6. The predicted octanol–water partition coefficient (Wildman–Crippen LogP) is 4.98. The quantitative estimate of drug-likeness (QED) is 0.387. The third-order valence-electron chi connectivity index (χ3n) is 4.92. The van der Waals surface area contributed by atoms with Crippen molar-refractivity contribution in [1.82, 2.24) is 9.97 Å². The summed E-state index contributed by atoms with van der Waals surface area (Å²) < 4.78 is 14.0. The van der Waals surface area contributed by atoms with Crippen LogP contribution < -0.4 is 15.1 Å². The van der Waals surface area contributed by atoms with E-state index in [9.17, 15) is 9.18 Å². The molecule has 2 heterocycles.